The van der Waals surface area contributed by atoms with E-state index in [0.717, 1.165) is 6.54 Å². The lowest BCUT2D eigenvalue weighted by Gasteiger charge is -2.17. The molecule has 5 nitrogen and oxygen atoms in total. The molecular weight excluding hydrogens is 244 g/mol. The van der Waals surface area contributed by atoms with E-state index >= 15 is 0 Å². The van der Waals surface area contributed by atoms with Crippen LogP contribution >= 0.6 is 0 Å². The van der Waals surface area contributed by atoms with Gasteiger partial charge in [0.2, 0.25) is 5.91 Å². The second-order valence-electron chi connectivity index (χ2n) is 4.41. The Morgan fingerprint density at radius 3 is 2.42 bits per heavy atom. The highest BCUT2D eigenvalue weighted by Crippen LogP contribution is 2.12. The maximum Gasteiger partial charge on any atom is 0.330 e. The van der Waals surface area contributed by atoms with Gasteiger partial charge in [-0.1, -0.05) is 37.3 Å². The molecule has 0 aliphatic heterocycles. The lowest BCUT2D eigenvalue weighted by molar-refractivity contribution is -0.142. The van der Waals surface area contributed by atoms with Gasteiger partial charge in [-0.3, -0.25) is 4.79 Å². The van der Waals surface area contributed by atoms with Crippen molar-refractivity contribution < 1.29 is 14.7 Å². The third-order valence-corrected chi connectivity index (χ3v) is 2.73. The molecule has 19 heavy (non-hydrogen) atoms. The second-order valence-corrected chi connectivity index (χ2v) is 4.41. The van der Waals surface area contributed by atoms with E-state index in [4.69, 9.17) is 0 Å². The highest BCUT2D eigenvalue weighted by atomic mass is 16.4. The fourth-order valence-electron chi connectivity index (χ4n) is 1.85. The summed E-state index contributed by atoms with van der Waals surface area (Å²) in [4.78, 5) is 23.0. The van der Waals surface area contributed by atoms with Crippen molar-refractivity contribution in [2.75, 3.05) is 6.54 Å². The van der Waals surface area contributed by atoms with Crippen molar-refractivity contribution in [1.29, 1.82) is 0 Å². The molecule has 0 aliphatic rings. The van der Waals surface area contributed by atoms with E-state index < -0.39 is 12.0 Å². The van der Waals surface area contributed by atoms with E-state index in [2.05, 4.69) is 10.6 Å². The maximum absolute atomic E-state index is 11.8. The van der Waals surface area contributed by atoms with Crippen LogP contribution in [0, 0.1) is 0 Å². The predicted octanol–water partition coefficient (Wildman–Crippen LogP) is 1.32. The largest absolute Gasteiger partial charge is 0.479 e. The van der Waals surface area contributed by atoms with Crippen LogP contribution in [0.15, 0.2) is 30.3 Å². The van der Waals surface area contributed by atoms with Gasteiger partial charge in [0.05, 0.1) is 0 Å². The van der Waals surface area contributed by atoms with Crippen LogP contribution in [0.5, 0.6) is 0 Å². The number of aliphatic carboxylic acids is 1. The third-order valence-electron chi connectivity index (χ3n) is 2.73. The number of carbonyl (C=O) groups is 2. The molecule has 0 saturated heterocycles. The van der Waals surface area contributed by atoms with Gasteiger partial charge >= 0.3 is 5.97 Å². The molecular formula is C14H20N2O3. The number of rotatable bonds is 7. The Morgan fingerprint density at radius 2 is 1.89 bits per heavy atom. The Bertz CT molecular complexity index is 420. The molecule has 3 N–H and O–H groups in total. The molecule has 0 aromatic heterocycles. The summed E-state index contributed by atoms with van der Waals surface area (Å²) in [5.41, 5.74) is 0.569. The minimum atomic E-state index is -1.06. The van der Waals surface area contributed by atoms with Crippen LogP contribution in [-0.4, -0.2) is 29.6 Å². The lowest BCUT2D eigenvalue weighted by atomic mass is 10.1. The number of hydrogen-bond donors (Lipinski definition) is 3. The molecule has 0 heterocycles. The molecule has 1 aromatic carbocycles. The van der Waals surface area contributed by atoms with Crippen LogP contribution in [0.2, 0.25) is 0 Å². The van der Waals surface area contributed by atoms with E-state index in [9.17, 15) is 14.7 Å². The summed E-state index contributed by atoms with van der Waals surface area (Å²) in [5.74, 6) is -1.33. The summed E-state index contributed by atoms with van der Waals surface area (Å²) in [6, 6.07) is 7.70. The van der Waals surface area contributed by atoms with Gasteiger partial charge in [0.25, 0.3) is 0 Å². The smallest absolute Gasteiger partial charge is 0.330 e. The molecule has 1 aromatic rings. The minimum Gasteiger partial charge on any atom is -0.479 e. The summed E-state index contributed by atoms with van der Waals surface area (Å²) in [6.07, 6.45) is 0.254. The lowest BCUT2D eigenvalue weighted by Crippen LogP contribution is -2.38. The van der Waals surface area contributed by atoms with Crippen molar-refractivity contribution in [3.63, 3.8) is 0 Å². The second kappa shape index (κ2) is 7.53. The molecule has 1 amide bonds. The molecule has 1 unspecified atom stereocenters. The first-order valence-electron chi connectivity index (χ1n) is 6.35. The van der Waals surface area contributed by atoms with Gasteiger partial charge in [0.15, 0.2) is 6.04 Å². The average molecular weight is 264 g/mol. The zero-order valence-electron chi connectivity index (χ0n) is 11.2. The van der Waals surface area contributed by atoms with Crippen molar-refractivity contribution in [1.82, 2.24) is 10.6 Å². The Hall–Kier alpha value is -1.88. The molecule has 5 heteroatoms. The summed E-state index contributed by atoms with van der Waals surface area (Å²) < 4.78 is 0. The standard InChI is InChI=1S/C14H20N2O3/c1-3-15-10(2)9-12(17)16-13(14(18)19)11-7-5-4-6-8-11/h4-8,10,13,15H,3,9H2,1-2H3,(H,16,17)(H,18,19)/t10?,13-/m1/s1. The Morgan fingerprint density at radius 1 is 1.26 bits per heavy atom. The van der Waals surface area contributed by atoms with Gasteiger partial charge in [-0.25, -0.2) is 4.79 Å². The van der Waals surface area contributed by atoms with Crippen LogP contribution in [0.4, 0.5) is 0 Å². The summed E-state index contributed by atoms with van der Waals surface area (Å²) in [6.45, 7) is 4.62. The van der Waals surface area contributed by atoms with Crippen LogP contribution < -0.4 is 10.6 Å². The first kappa shape index (κ1) is 15.2. The Kier molecular flexibility index (Phi) is 6.02. The number of benzene rings is 1. The van der Waals surface area contributed by atoms with E-state index in [1.54, 1.807) is 30.3 Å². The highest BCUT2D eigenvalue weighted by Gasteiger charge is 2.22. The first-order valence-corrected chi connectivity index (χ1v) is 6.35. The van der Waals surface area contributed by atoms with Gasteiger partial charge in [0, 0.05) is 12.5 Å². The molecule has 1 rings (SSSR count). The van der Waals surface area contributed by atoms with E-state index in [-0.39, 0.29) is 18.4 Å². The minimum absolute atomic E-state index is 0.0234. The predicted molar refractivity (Wildman–Crippen MR) is 72.7 cm³/mol. The van der Waals surface area contributed by atoms with Crippen molar-refractivity contribution >= 4 is 11.9 Å². The molecule has 2 atom stereocenters. The SMILES string of the molecule is CCNC(C)CC(=O)N[C@@H](C(=O)O)c1ccccc1. The van der Waals surface area contributed by atoms with E-state index in [0.29, 0.717) is 5.56 Å². The van der Waals surface area contributed by atoms with Crippen molar-refractivity contribution in [3.05, 3.63) is 35.9 Å². The zero-order chi connectivity index (χ0) is 14.3. The van der Waals surface area contributed by atoms with Gasteiger partial charge in [-0.05, 0) is 19.0 Å². The van der Waals surface area contributed by atoms with Crippen LogP contribution in [0.1, 0.15) is 31.9 Å². The van der Waals surface area contributed by atoms with E-state index in [1.165, 1.54) is 0 Å². The Labute approximate surface area is 113 Å². The zero-order valence-corrected chi connectivity index (χ0v) is 11.2. The summed E-state index contributed by atoms with van der Waals surface area (Å²) in [5, 5.41) is 14.8. The fraction of sp³-hybridized carbons (Fsp3) is 0.429. The first-order chi connectivity index (χ1) is 9.04. The topological polar surface area (TPSA) is 78.4 Å². The summed E-state index contributed by atoms with van der Waals surface area (Å²) >= 11 is 0. The highest BCUT2D eigenvalue weighted by molar-refractivity contribution is 5.84. The molecule has 0 aliphatic carbocycles. The number of carbonyl (C=O) groups excluding carboxylic acids is 1. The van der Waals surface area contributed by atoms with Crippen LogP contribution in [0.3, 0.4) is 0 Å². The monoisotopic (exact) mass is 264 g/mol. The molecule has 0 bridgehead atoms. The number of nitrogens with one attached hydrogen (secondary N) is 2. The third kappa shape index (κ3) is 5.09. The van der Waals surface area contributed by atoms with Gasteiger partial charge in [-0.15, -0.1) is 0 Å². The summed E-state index contributed by atoms with van der Waals surface area (Å²) in [7, 11) is 0. The van der Waals surface area contributed by atoms with Gasteiger partial charge in [-0.2, -0.15) is 0 Å². The molecule has 0 radical (unpaired) electrons. The molecule has 0 saturated carbocycles. The maximum atomic E-state index is 11.8. The van der Waals surface area contributed by atoms with E-state index in [1.807, 2.05) is 13.8 Å². The fourth-order valence-corrected chi connectivity index (χ4v) is 1.85. The Balaban J connectivity index is 2.65. The number of carboxylic acids is 1. The van der Waals surface area contributed by atoms with Crippen LogP contribution in [-0.2, 0) is 9.59 Å². The van der Waals surface area contributed by atoms with Crippen molar-refractivity contribution in [3.8, 4) is 0 Å². The molecule has 0 fully saturated rings. The van der Waals surface area contributed by atoms with Gasteiger partial charge in [0.1, 0.15) is 0 Å². The normalized spacial score (nSPS) is 13.6. The number of carboxylic acid groups (broad SMARTS) is 1. The number of hydrogen-bond acceptors (Lipinski definition) is 3. The molecule has 0 spiro atoms. The van der Waals surface area contributed by atoms with Crippen molar-refractivity contribution in [2.24, 2.45) is 0 Å². The molecule has 104 valence electrons. The number of amides is 1. The average Bonchev–Trinajstić information content (AvgIpc) is 2.37. The quantitative estimate of drug-likeness (QED) is 0.694. The van der Waals surface area contributed by atoms with Crippen LogP contribution in [0.25, 0.3) is 0 Å². The van der Waals surface area contributed by atoms with Crippen molar-refractivity contribution in [2.45, 2.75) is 32.4 Å². The van der Waals surface area contributed by atoms with Gasteiger partial charge < -0.3 is 15.7 Å².